The van der Waals surface area contributed by atoms with Gasteiger partial charge in [-0.15, -0.1) is 0 Å². The molecule has 140 valence electrons. The lowest BCUT2D eigenvalue weighted by Gasteiger charge is -2.32. The molecule has 2 heterocycles. The lowest BCUT2D eigenvalue weighted by atomic mass is 9.94. The van der Waals surface area contributed by atoms with Crippen LogP contribution in [0.2, 0.25) is 0 Å². The summed E-state index contributed by atoms with van der Waals surface area (Å²) in [6.07, 6.45) is -4.27. The number of rotatable bonds is 4. The summed E-state index contributed by atoms with van der Waals surface area (Å²) in [7, 11) is 0. The number of hydrogen-bond acceptors (Lipinski definition) is 4. The molecule has 1 aromatic carbocycles. The maximum atomic E-state index is 13.8. The molecule has 1 amide bonds. The largest absolute Gasteiger partial charge is 0.397 e. The Labute approximate surface area is 147 Å². The molecule has 1 saturated heterocycles. The van der Waals surface area contributed by atoms with Gasteiger partial charge < -0.3 is 9.42 Å². The van der Waals surface area contributed by atoms with E-state index in [0.29, 0.717) is 19.4 Å². The van der Waals surface area contributed by atoms with E-state index in [2.05, 4.69) is 10.1 Å². The van der Waals surface area contributed by atoms with Gasteiger partial charge in [0.15, 0.2) is 0 Å². The van der Waals surface area contributed by atoms with Crippen LogP contribution in [0.5, 0.6) is 0 Å². The summed E-state index contributed by atoms with van der Waals surface area (Å²) in [6, 6.07) is 6.02. The second kappa shape index (κ2) is 7.43. The van der Waals surface area contributed by atoms with Gasteiger partial charge >= 0.3 is 6.18 Å². The summed E-state index contributed by atoms with van der Waals surface area (Å²) in [6.45, 7) is 0.530. The summed E-state index contributed by atoms with van der Waals surface area (Å²) in [5.74, 6) is -1.06. The first-order chi connectivity index (χ1) is 12.3. The minimum atomic E-state index is -4.51. The molecular weight excluding hydrogens is 354 g/mol. The first kappa shape index (κ1) is 18.3. The number of alkyl halides is 3. The topological polar surface area (TPSA) is 59.2 Å². The van der Waals surface area contributed by atoms with E-state index in [-0.39, 0.29) is 29.7 Å². The molecule has 0 spiro atoms. The van der Waals surface area contributed by atoms with Crippen molar-refractivity contribution in [3.05, 3.63) is 36.0 Å². The predicted octanol–water partition coefficient (Wildman–Crippen LogP) is 3.61. The zero-order chi connectivity index (χ0) is 18.7. The average molecular weight is 371 g/mol. The van der Waals surface area contributed by atoms with Gasteiger partial charge in [-0.05, 0) is 30.9 Å². The summed E-state index contributed by atoms with van der Waals surface area (Å²) in [4.78, 5) is 17.1. The van der Waals surface area contributed by atoms with E-state index < -0.39 is 24.3 Å². The zero-order valence-electron chi connectivity index (χ0n) is 13.8. The van der Waals surface area contributed by atoms with Crippen LogP contribution in [-0.2, 0) is 11.2 Å². The lowest BCUT2D eigenvalue weighted by molar-refractivity contribution is -0.162. The number of hydrogen-bond donors (Lipinski definition) is 0. The highest BCUT2D eigenvalue weighted by Crippen LogP contribution is 2.26. The molecule has 0 N–H and O–H groups in total. The molecule has 1 atom stereocenters. The van der Waals surface area contributed by atoms with E-state index in [1.165, 1.54) is 17.0 Å². The van der Waals surface area contributed by atoms with Crippen LogP contribution >= 0.6 is 0 Å². The Kier molecular flexibility index (Phi) is 5.24. The van der Waals surface area contributed by atoms with Crippen LogP contribution in [0.15, 0.2) is 28.8 Å². The van der Waals surface area contributed by atoms with Gasteiger partial charge in [0.05, 0.1) is 5.56 Å². The Morgan fingerprint density at radius 1 is 1.31 bits per heavy atom. The number of nitrogens with zero attached hydrogens (tertiary/aromatic N) is 3. The van der Waals surface area contributed by atoms with Crippen LogP contribution in [-0.4, -0.2) is 40.2 Å². The second-order valence-electron chi connectivity index (χ2n) is 6.34. The molecule has 0 bridgehead atoms. The smallest absolute Gasteiger partial charge is 0.342 e. The fourth-order valence-electron chi connectivity index (χ4n) is 3.08. The molecule has 3 rings (SSSR count). The molecular formula is C17H17F4N3O2. The number of benzene rings is 1. The highest BCUT2D eigenvalue weighted by molar-refractivity contribution is 5.76. The number of likely N-dealkylation sites (tertiary alicyclic amines) is 1. The van der Waals surface area contributed by atoms with Crippen molar-refractivity contribution < 1.29 is 26.9 Å². The third-order valence-corrected chi connectivity index (χ3v) is 4.27. The van der Waals surface area contributed by atoms with E-state index >= 15 is 0 Å². The molecule has 2 aromatic rings. The van der Waals surface area contributed by atoms with Crippen molar-refractivity contribution in [2.75, 3.05) is 13.1 Å². The van der Waals surface area contributed by atoms with Crippen LogP contribution in [0.4, 0.5) is 17.6 Å². The molecule has 1 aliphatic heterocycles. The highest BCUT2D eigenvalue weighted by Gasteiger charge is 2.35. The summed E-state index contributed by atoms with van der Waals surface area (Å²) >= 11 is 0. The van der Waals surface area contributed by atoms with E-state index in [4.69, 9.17) is 4.52 Å². The van der Waals surface area contributed by atoms with Gasteiger partial charge in [0.25, 0.3) is 0 Å². The Morgan fingerprint density at radius 3 is 2.81 bits per heavy atom. The normalized spacial score (nSPS) is 18.2. The molecule has 26 heavy (non-hydrogen) atoms. The number of aromatic nitrogens is 2. The molecule has 5 nitrogen and oxygen atoms in total. The summed E-state index contributed by atoms with van der Waals surface area (Å²) in [5, 5.41) is 3.76. The second-order valence-corrected chi connectivity index (χ2v) is 6.34. The number of carbonyl (C=O) groups is 1. The van der Waals surface area contributed by atoms with E-state index in [1.807, 2.05) is 0 Å². The van der Waals surface area contributed by atoms with Gasteiger partial charge in [-0.1, -0.05) is 17.3 Å². The van der Waals surface area contributed by atoms with Gasteiger partial charge in [0.1, 0.15) is 12.2 Å². The van der Waals surface area contributed by atoms with Crippen LogP contribution in [0.3, 0.4) is 0 Å². The summed E-state index contributed by atoms with van der Waals surface area (Å²) in [5.41, 5.74) is 0.216. The maximum Gasteiger partial charge on any atom is 0.397 e. The first-order valence-electron chi connectivity index (χ1n) is 8.24. The third kappa shape index (κ3) is 4.59. The van der Waals surface area contributed by atoms with Crippen molar-refractivity contribution in [2.24, 2.45) is 5.92 Å². The molecule has 1 fully saturated rings. The molecule has 0 unspecified atom stereocenters. The molecule has 1 aliphatic rings. The van der Waals surface area contributed by atoms with Gasteiger partial charge in [-0.2, -0.15) is 18.2 Å². The quantitative estimate of drug-likeness (QED) is 0.771. The van der Waals surface area contributed by atoms with Crippen molar-refractivity contribution in [3.8, 4) is 11.4 Å². The minimum Gasteiger partial charge on any atom is -0.342 e. The fourth-order valence-corrected chi connectivity index (χ4v) is 3.08. The Balaban J connectivity index is 1.63. The fraction of sp³-hybridized carbons (Fsp3) is 0.471. The van der Waals surface area contributed by atoms with E-state index in [1.54, 1.807) is 12.1 Å². The van der Waals surface area contributed by atoms with Gasteiger partial charge in [-0.3, -0.25) is 4.79 Å². The van der Waals surface area contributed by atoms with Crippen molar-refractivity contribution in [1.29, 1.82) is 0 Å². The lowest BCUT2D eigenvalue weighted by Crippen LogP contribution is -2.42. The molecule has 0 aliphatic carbocycles. The van der Waals surface area contributed by atoms with Crippen LogP contribution in [0.1, 0.15) is 25.2 Å². The monoisotopic (exact) mass is 371 g/mol. The molecule has 9 heteroatoms. The number of amides is 1. The van der Waals surface area contributed by atoms with Crippen molar-refractivity contribution in [2.45, 2.75) is 31.9 Å². The van der Waals surface area contributed by atoms with Crippen LogP contribution < -0.4 is 0 Å². The minimum absolute atomic E-state index is 0.0742. The average Bonchev–Trinajstić information content (AvgIpc) is 3.02. The van der Waals surface area contributed by atoms with Crippen LogP contribution in [0.25, 0.3) is 11.4 Å². The standard InChI is InChI=1S/C17H17F4N3O2/c18-13-6-2-1-5-12(13)16-22-14(26-23-16)8-11-4-3-7-24(10-11)15(25)9-17(19,20)21/h1-2,5-6,11H,3-4,7-10H2/t11-/m0/s1. The third-order valence-electron chi connectivity index (χ3n) is 4.27. The van der Waals surface area contributed by atoms with E-state index in [0.717, 1.165) is 6.42 Å². The highest BCUT2D eigenvalue weighted by atomic mass is 19.4. The Morgan fingerprint density at radius 2 is 2.08 bits per heavy atom. The maximum absolute atomic E-state index is 13.8. The van der Waals surface area contributed by atoms with Crippen molar-refractivity contribution >= 4 is 5.91 Å². The SMILES string of the molecule is O=C(CC(F)(F)F)N1CCC[C@@H](Cc2nc(-c3ccccc3F)no2)C1. The molecule has 1 aromatic heterocycles. The number of carbonyl (C=O) groups excluding carboxylic acids is 1. The van der Waals surface area contributed by atoms with Gasteiger partial charge in [0.2, 0.25) is 17.6 Å². The van der Waals surface area contributed by atoms with Gasteiger partial charge in [0, 0.05) is 19.5 Å². The van der Waals surface area contributed by atoms with Crippen molar-refractivity contribution in [1.82, 2.24) is 15.0 Å². The predicted molar refractivity (Wildman–Crippen MR) is 83.4 cm³/mol. The van der Waals surface area contributed by atoms with Crippen LogP contribution in [0, 0.1) is 11.7 Å². The summed E-state index contributed by atoms with van der Waals surface area (Å²) < 4.78 is 56.1. The first-order valence-corrected chi connectivity index (χ1v) is 8.24. The Hall–Kier alpha value is -2.45. The molecule has 0 saturated carbocycles. The van der Waals surface area contributed by atoms with E-state index in [9.17, 15) is 22.4 Å². The van der Waals surface area contributed by atoms with Gasteiger partial charge in [-0.25, -0.2) is 4.39 Å². The van der Waals surface area contributed by atoms with Crippen molar-refractivity contribution in [3.63, 3.8) is 0 Å². The zero-order valence-corrected chi connectivity index (χ0v) is 13.8. The Bertz CT molecular complexity index is 775. The number of piperidine rings is 1. The molecule has 0 radical (unpaired) electrons. The number of halogens is 4.